The Bertz CT molecular complexity index is 1100. The van der Waals surface area contributed by atoms with Crippen molar-refractivity contribution in [1.29, 1.82) is 0 Å². The van der Waals surface area contributed by atoms with Crippen molar-refractivity contribution in [2.45, 2.75) is 65.8 Å². The molecule has 1 fully saturated rings. The Morgan fingerprint density at radius 3 is 2.76 bits per heavy atom. The first-order valence-corrected chi connectivity index (χ1v) is 12.1. The Balaban J connectivity index is 1.49. The summed E-state index contributed by atoms with van der Waals surface area (Å²) in [7, 11) is 0. The number of benzene rings is 1. The van der Waals surface area contributed by atoms with Crippen LogP contribution in [0.5, 0.6) is 0 Å². The van der Waals surface area contributed by atoms with Gasteiger partial charge in [0.15, 0.2) is 5.78 Å². The lowest BCUT2D eigenvalue weighted by Gasteiger charge is -2.36. The topological polar surface area (TPSA) is 73.9 Å². The SMILES string of the molecule is CC(C)c1ccccc1N[C@@H](C(=O)C[C@@H]1CCCN(c2ncnc3[nH]ccc23)C1)C(C)(C)C. The number of aromatic nitrogens is 3. The van der Waals surface area contributed by atoms with E-state index in [1.165, 1.54) is 5.56 Å². The zero-order chi connectivity index (χ0) is 23.6. The molecule has 0 radical (unpaired) electrons. The van der Waals surface area contributed by atoms with E-state index in [-0.39, 0.29) is 11.5 Å². The maximum absolute atomic E-state index is 13.6. The quantitative estimate of drug-likeness (QED) is 0.480. The number of piperidine rings is 1. The van der Waals surface area contributed by atoms with Crippen molar-refractivity contribution in [1.82, 2.24) is 15.0 Å². The van der Waals surface area contributed by atoms with Crippen LogP contribution in [0.3, 0.4) is 0 Å². The van der Waals surface area contributed by atoms with Crippen LogP contribution in [0.15, 0.2) is 42.9 Å². The number of para-hydroxylation sites is 1. The third-order valence-corrected chi connectivity index (χ3v) is 6.71. The predicted molar refractivity (Wildman–Crippen MR) is 136 cm³/mol. The lowest BCUT2D eigenvalue weighted by Crippen LogP contribution is -2.44. The largest absolute Gasteiger partial charge is 0.375 e. The summed E-state index contributed by atoms with van der Waals surface area (Å²) in [6.07, 6.45) is 6.24. The van der Waals surface area contributed by atoms with Gasteiger partial charge in [-0.05, 0) is 47.8 Å². The minimum atomic E-state index is -0.233. The summed E-state index contributed by atoms with van der Waals surface area (Å²) in [4.78, 5) is 28.0. The van der Waals surface area contributed by atoms with Crippen LogP contribution in [0.25, 0.3) is 11.0 Å². The molecule has 1 aromatic carbocycles. The van der Waals surface area contributed by atoms with Crippen LogP contribution in [0, 0.1) is 11.3 Å². The van der Waals surface area contributed by atoms with Crippen molar-refractivity contribution in [3.8, 4) is 0 Å². The first kappa shape index (κ1) is 23.3. The standard InChI is InChI=1S/C27H37N5O/c1-18(2)20-10-6-7-11-22(20)31-24(27(3,4)5)23(33)15-19-9-8-14-32(16-19)26-21-12-13-28-25(21)29-17-30-26/h6-7,10-13,17-19,24,31H,8-9,14-16H2,1-5H3,(H,28,29,30)/t19-,24-/m0/s1. The van der Waals surface area contributed by atoms with Gasteiger partial charge in [0.2, 0.25) is 0 Å². The second-order valence-electron chi connectivity index (χ2n) is 10.7. The minimum Gasteiger partial charge on any atom is -0.375 e. The second kappa shape index (κ2) is 9.54. The Hall–Kier alpha value is -2.89. The molecule has 1 saturated heterocycles. The number of H-pyrrole nitrogens is 1. The molecule has 0 spiro atoms. The van der Waals surface area contributed by atoms with Gasteiger partial charge in [0.1, 0.15) is 17.8 Å². The van der Waals surface area contributed by atoms with Gasteiger partial charge < -0.3 is 15.2 Å². The molecule has 3 heterocycles. The van der Waals surface area contributed by atoms with Crippen molar-refractivity contribution >= 4 is 28.3 Å². The van der Waals surface area contributed by atoms with E-state index in [1.807, 2.05) is 18.3 Å². The van der Waals surface area contributed by atoms with Gasteiger partial charge in [-0.25, -0.2) is 9.97 Å². The number of hydrogen-bond acceptors (Lipinski definition) is 5. The minimum absolute atomic E-state index is 0.181. The number of carbonyl (C=O) groups excluding carboxylic acids is 1. The molecule has 1 aliphatic rings. The number of ketones is 1. The Morgan fingerprint density at radius 1 is 1.21 bits per heavy atom. The van der Waals surface area contributed by atoms with E-state index >= 15 is 0 Å². The molecular formula is C27H37N5O. The number of nitrogens with zero attached hydrogens (tertiary/aromatic N) is 3. The van der Waals surface area contributed by atoms with Crippen LogP contribution in [-0.2, 0) is 4.79 Å². The smallest absolute Gasteiger partial charge is 0.155 e. The van der Waals surface area contributed by atoms with Crippen LogP contribution in [0.2, 0.25) is 0 Å². The molecule has 6 nitrogen and oxygen atoms in total. The molecule has 3 aromatic rings. The fourth-order valence-electron chi connectivity index (χ4n) is 5.00. The van der Waals surface area contributed by atoms with Crippen LogP contribution in [0.1, 0.15) is 65.4 Å². The van der Waals surface area contributed by atoms with E-state index in [0.717, 1.165) is 48.5 Å². The molecule has 2 aromatic heterocycles. The number of Topliss-reactive ketones (excluding diaryl/α,β-unsaturated/α-hetero) is 1. The third kappa shape index (κ3) is 5.21. The van der Waals surface area contributed by atoms with E-state index in [1.54, 1.807) is 6.33 Å². The van der Waals surface area contributed by atoms with Crippen molar-refractivity contribution in [2.75, 3.05) is 23.3 Å². The normalized spacial score (nSPS) is 18.0. The summed E-state index contributed by atoms with van der Waals surface area (Å²) < 4.78 is 0. The van der Waals surface area contributed by atoms with Crippen LogP contribution >= 0.6 is 0 Å². The number of aromatic amines is 1. The van der Waals surface area contributed by atoms with E-state index in [9.17, 15) is 4.79 Å². The second-order valence-corrected chi connectivity index (χ2v) is 10.7. The predicted octanol–water partition coefficient (Wildman–Crippen LogP) is 5.78. The van der Waals surface area contributed by atoms with Gasteiger partial charge in [0.05, 0.1) is 11.4 Å². The van der Waals surface area contributed by atoms with Gasteiger partial charge in [-0.3, -0.25) is 4.79 Å². The zero-order valence-corrected chi connectivity index (χ0v) is 20.6. The fourth-order valence-corrected chi connectivity index (χ4v) is 5.00. The molecule has 2 N–H and O–H groups in total. The Kier molecular flexibility index (Phi) is 6.73. The molecular weight excluding hydrogens is 410 g/mol. The number of fused-ring (bicyclic) bond motifs is 1. The molecule has 0 aliphatic carbocycles. The van der Waals surface area contributed by atoms with Gasteiger partial charge in [-0.15, -0.1) is 0 Å². The molecule has 0 unspecified atom stereocenters. The van der Waals surface area contributed by atoms with E-state index in [4.69, 9.17) is 0 Å². The average molecular weight is 448 g/mol. The van der Waals surface area contributed by atoms with Crippen LogP contribution in [0.4, 0.5) is 11.5 Å². The highest BCUT2D eigenvalue weighted by Crippen LogP contribution is 2.32. The summed E-state index contributed by atoms with van der Waals surface area (Å²) >= 11 is 0. The Labute approximate surface area is 197 Å². The van der Waals surface area contributed by atoms with Crippen LogP contribution < -0.4 is 10.2 Å². The molecule has 6 heteroatoms. The first-order chi connectivity index (χ1) is 15.7. The Morgan fingerprint density at radius 2 is 2.00 bits per heavy atom. The highest BCUT2D eigenvalue weighted by atomic mass is 16.1. The van der Waals surface area contributed by atoms with Gasteiger partial charge in [0.25, 0.3) is 0 Å². The van der Waals surface area contributed by atoms with Gasteiger partial charge in [0, 0.05) is 31.4 Å². The summed E-state index contributed by atoms with van der Waals surface area (Å²) in [6.45, 7) is 12.7. The fraction of sp³-hybridized carbons (Fsp3) is 0.519. The summed E-state index contributed by atoms with van der Waals surface area (Å²) in [5, 5.41) is 4.68. The van der Waals surface area contributed by atoms with Crippen molar-refractivity contribution in [3.05, 3.63) is 48.4 Å². The van der Waals surface area contributed by atoms with Crippen molar-refractivity contribution < 1.29 is 4.79 Å². The van der Waals surface area contributed by atoms with Gasteiger partial charge in [-0.1, -0.05) is 52.8 Å². The summed E-state index contributed by atoms with van der Waals surface area (Å²) in [5.74, 6) is 1.98. The molecule has 33 heavy (non-hydrogen) atoms. The molecule has 176 valence electrons. The third-order valence-electron chi connectivity index (χ3n) is 6.71. The number of anilines is 2. The van der Waals surface area contributed by atoms with E-state index < -0.39 is 0 Å². The summed E-state index contributed by atoms with van der Waals surface area (Å²) in [5.41, 5.74) is 3.00. The van der Waals surface area contributed by atoms with Crippen molar-refractivity contribution in [3.63, 3.8) is 0 Å². The molecule has 4 rings (SSSR count). The van der Waals surface area contributed by atoms with E-state index in [0.29, 0.717) is 24.0 Å². The zero-order valence-electron chi connectivity index (χ0n) is 20.6. The maximum atomic E-state index is 13.6. The number of nitrogens with one attached hydrogen (secondary N) is 2. The van der Waals surface area contributed by atoms with Crippen molar-refractivity contribution in [2.24, 2.45) is 11.3 Å². The molecule has 0 saturated carbocycles. The van der Waals surface area contributed by atoms with Crippen LogP contribution in [-0.4, -0.2) is 39.9 Å². The lowest BCUT2D eigenvalue weighted by molar-refractivity contribution is -0.122. The number of rotatable bonds is 7. The molecule has 0 bridgehead atoms. The number of hydrogen-bond donors (Lipinski definition) is 2. The maximum Gasteiger partial charge on any atom is 0.155 e. The first-order valence-electron chi connectivity index (χ1n) is 12.1. The van der Waals surface area contributed by atoms with Gasteiger partial charge >= 0.3 is 0 Å². The van der Waals surface area contributed by atoms with Gasteiger partial charge in [-0.2, -0.15) is 0 Å². The molecule has 0 amide bonds. The molecule has 2 atom stereocenters. The highest BCUT2D eigenvalue weighted by Gasteiger charge is 2.34. The summed E-state index contributed by atoms with van der Waals surface area (Å²) in [6, 6.07) is 10.2. The highest BCUT2D eigenvalue weighted by molar-refractivity contribution is 5.89. The average Bonchev–Trinajstić information content (AvgIpc) is 3.26. The van der Waals surface area contributed by atoms with E-state index in [2.05, 4.69) is 78.0 Å². The monoisotopic (exact) mass is 447 g/mol. The number of carbonyl (C=O) groups is 1. The lowest BCUT2D eigenvalue weighted by atomic mass is 9.80. The molecule has 1 aliphatic heterocycles.